The van der Waals surface area contributed by atoms with Crippen molar-refractivity contribution in [1.82, 2.24) is 4.90 Å². The van der Waals surface area contributed by atoms with Crippen LogP contribution in [0.1, 0.15) is 19.4 Å². The zero-order chi connectivity index (χ0) is 12.8. The highest BCUT2D eigenvalue weighted by molar-refractivity contribution is 5.95. The predicted octanol–water partition coefficient (Wildman–Crippen LogP) is 1.42. The quantitative estimate of drug-likeness (QED) is 0.811. The van der Waals surface area contributed by atoms with Gasteiger partial charge in [0, 0.05) is 12.2 Å². The first kappa shape index (κ1) is 13.7. The van der Waals surface area contributed by atoms with Crippen molar-refractivity contribution in [1.29, 1.82) is 0 Å². The number of nitrogens with two attached hydrogens (primary N) is 1. The zero-order valence-corrected chi connectivity index (χ0v) is 10.7. The molecule has 1 rings (SSSR count). The third kappa shape index (κ3) is 3.54. The Bertz CT molecular complexity index is 379. The van der Waals surface area contributed by atoms with Gasteiger partial charge in [0.05, 0.1) is 6.04 Å². The van der Waals surface area contributed by atoms with Crippen LogP contribution in [0.2, 0.25) is 0 Å². The maximum Gasteiger partial charge on any atom is 0.241 e. The number of nitrogens with zero attached hydrogens (tertiary/aromatic N) is 1. The number of carbonyl (C=O) groups excluding carboxylic acids is 1. The Morgan fingerprint density at radius 1 is 1.47 bits per heavy atom. The SMILES string of the molecule is CCN(C)C(C)C(=O)Nc1ccccc1CN. The fraction of sp³-hybridized carbons (Fsp3) is 0.462. The molecule has 1 amide bonds. The molecule has 0 spiro atoms. The van der Waals surface area contributed by atoms with Gasteiger partial charge in [-0.05, 0) is 32.1 Å². The molecule has 4 heteroatoms. The van der Waals surface area contributed by atoms with E-state index in [1.54, 1.807) is 0 Å². The van der Waals surface area contributed by atoms with Gasteiger partial charge in [-0.2, -0.15) is 0 Å². The third-order valence-electron chi connectivity index (χ3n) is 3.03. The minimum absolute atomic E-state index is 0.00440. The molecule has 0 aromatic heterocycles. The lowest BCUT2D eigenvalue weighted by atomic mass is 10.1. The second-order valence-electron chi connectivity index (χ2n) is 4.10. The van der Waals surface area contributed by atoms with Gasteiger partial charge in [0.2, 0.25) is 5.91 Å². The lowest BCUT2D eigenvalue weighted by molar-refractivity contribution is -0.120. The second-order valence-corrected chi connectivity index (χ2v) is 4.10. The first-order chi connectivity index (χ1) is 8.10. The molecule has 3 N–H and O–H groups in total. The molecule has 0 fully saturated rings. The van der Waals surface area contributed by atoms with E-state index in [0.29, 0.717) is 6.54 Å². The van der Waals surface area contributed by atoms with Crippen LogP contribution in [0, 0.1) is 0 Å². The fourth-order valence-electron chi connectivity index (χ4n) is 1.53. The number of benzene rings is 1. The van der Waals surface area contributed by atoms with Crippen LogP contribution in [0.4, 0.5) is 5.69 Å². The van der Waals surface area contributed by atoms with Crippen molar-refractivity contribution in [3.8, 4) is 0 Å². The summed E-state index contributed by atoms with van der Waals surface area (Å²) in [6.45, 7) is 5.18. The Hall–Kier alpha value is -1.39. The lowest BCUT2D eigenvalue weighted by Gasteiger charge is -2.22. The molecule has 94 valence electrons. The fourth-order valence-corrected chi connectivity index (χ4v) is 1.53. The Kier molecular flexibility index (Phi) is 5.12. The summed E-state index contributed by atoms with van der Waals surface area (Å²) < 4.78 is 0. The van der Waals surface area contributed by atoms with Crippen molar-refractivity contribution in [2.45, 2.75) is 26.4 Å². The molecule has 0 radical (unpaired) electrons. The van der Waals surface area contributed by atoms with Gasteiger partial charge in [-0.3, -0.25) is 9.69 Å². The highest BCUT2D eigenvalue weighted by Gasteiger charge is 2.17. The average Bonchev–Trinajstić information content (AvgIpc) is 2.37. The number of anilines is 1. The topological polar surface area (TPSA) is 58.4 Å². The molecule has 17 heavy (non-hydrogen) atoms. The van der Waals surface area contributed by atoms with E-state index in [2.05, 4.69) is 5.32 Å². The molecule has 0 saturated carbocycles. The summed E-state index contributed by atoms with van der Waals surface area (Å²) in [4.78, 5) is 14.0. The van der Waals surface area contributed by atoms with Crippen LogP contribution in [-0.2, 0) is 11.3 Å². The van der Waals surface area contributed by atoms with Gasteiger partial charge in [-0.15, -0.1) is 0 Å². The van der Waals surface area contributed by atoms with Crippen molar-refractivity contribution in [2.75, 3.05) is 18.9 Å². The monoisotopic (exact) mass is 235 g/mol. The first-order valence-electron chi connectivity index (χ1n) is 5.89. The average molecular weight is 235 g/mol. The number of likely N-dealkylation sites (N-methyl/N-ethyl adjacent to an activating group) is 1. The Labute approximate surface area is 103 Å². The largest absolute Gasteiger partial charge is 0.326 e. The number of amides is 1. The smallest absolute Gasteiger partial charge is 0.241 e. The van der Waals surface area contributed by atoms with E-state index < -0.39 is 0 Å². The molecule has 0 saturated heterocycles. The Balaban J connectivity index is 2.74. The molecule has 0 aliphatic heterocycles. The summed E-state index contributed by atoms with van der Waals surface area (Å²) in [5.41, 5.74) is 7.38. The van der Waals surface area contributed by atoms with Crippen LogP contribution in [0.3, 0.4) is 0 Å². The van der Waals surface area contributed by atoms with Crippen LogP contribution in [-0.4, -0.2) is 30.4 Å². The van der Waals surface area contributed by atoms with Gasteiger partial charge in [-0.1, -0.05) is 25.1 Å². The summed E-state index contributed by atoms with van der Waals surface area (Å²) in [6.07, 6.45) is 0. The molecular weight excluding hydrogens is 214 g/mol. The molecule has 0 bridgehead atoms. The minimum Gasteiger partial charge on any atom is -0.326 e. The second kappa shape index (κ2) is 6.37. The standard InChI is InChI=1S/C13H21N3O/c1-4-16(3)10(2)13(17)15-12-8-6-5-7-11(12)9-14/h5-8,10H,4,9,14H2,1-3H3,(H,15,17). The van der Waals surface area contributed by atoms with Gasteiger partial charge in [-0.25, -0.2) is 0 Å². The highest BCUT2D eigenvalue weighted by atomic mass is 16.2. The van der Waals surface area contributed by atoms with Crippen LogP contribution in [0.25, 0.3) is 0 Å². The summed E-state index contributed by atoms with van der Waals surface area (Å²) in [5, 5.41) is 2.92. The molecule has 4 nitrogen and oxygen atoms in total. The molecular formula is C13H21N3O. The number of para-hydroxylation sites is 1. The third-order valence-corrected chi connectivity index (χ3v) is 3.03. The van der Waals surface area contributed by atoms with Crippen molar-refractivity contribution >= 4 is 11.6 Å². The molecule has 1 atom stereocenters. The van der Waals surface area contributed by atoms with Gasteiger partial charge in [0.15, 0.2) is 0 Å². The number of carbonyl (C=O) groups is 1. The van der Waals surface area contributed by atoms with Crippen LogP contribution in [0.15, 0.2) is 24.3 Å². The molecule has 0 heterocycles. The van der Waals surface area contributed by atoms with E-state index in [9.17, 15) is 4.79 Å². The van der Waals surface area contributed by atoms with E-state index in [1.165, 1.54) is 0 Å². The Morgan fingerprint density at radius 2 is 2.12 bits per heavy atom. The summed E-state index contributed by atoms with van der Waals surface area (Å²) in [6, 6.07) is 7.45. The van der Waals surface area contributed by atoms with Gasteiger partial charge < -0.3 is 11.1 Å². The van der Waals surface area contributed by atoms with E-state index >= 15 is 0 Å². The summed E-state index contributed by atoms with van der Waals surface area (Å²) >= 11 is 0. The molecule has 0 aliphatic rings. The van der Waals surface area contributed by atoms with Crippen molar-refractivity contribution in [3.63, 3.8) is 0 Å². The highest BCUT2D eigenvalue weighted by Crippen LogP contribution is 2.14. The van der Waals surface area contributed by atoms with E-state index in [1.807, 2.05) is 50.1 Å². The first-order valence-corrected chi connectivity index (χ1v) is 5.89. The molecule has 1 aromatic rings. The van der Waals surface area contributed by atoms with E-state index in [-0.39, 0.29) is 11.9 Å². The number of hydrogen-bond donors (Lipinski definition) is 2. The number of rotatable bonds is 5. The van der Waals surface area contributed by atoms with Gasteiger partial charge >= 0.3 is 0 Å². The minimum atomic E-state index is -0.147. The van der Waals surface area contributed by atoms with Crippen LogP contribution >= 0.6 is 0 Å². The lowest BCUT2D eigenvalue weighted by Crippen LogP contribution is -2.39. The van der Waals surface area contributed by atoms with Crippen LogP contribution in [0.5, 0.6) is 0 Å². The maximum atomic E-state index is 12.0. The van der Waals surface area contributed by atoms with E-state index in [0.717, 1.165) is 17.8 Å². The maximum absolute atomic E-state index is 12.0. The zero-order valence-electron chi connectivity index (χ0n) is 10.7. The van der Waals surface area contributed by atoms with Crippen molar-refractivity contribution < 1.29 is 4.79 Å². The molecule has 1 unspecified atom stereocenters. The predicted molar refractivity (Wildman–Crippen MR) is 70.7 cm³/mol. The van der Waals surface area contributed by atoms with E-state index in [4.69, 9.17) is 5.73 Å². The summed E-state index contributed by atoms with van der Waals surface area (Å²) in [7, 11) is 1.93. The number of hydrogen-bond acceptors (Lipinski definition) is 3. The van der Waals surface area contributed by atoms with Gasteiger partial charge in [0.25, 0.3) is 0 Å². The van der Waals surface area contributed by atoms with Crippen molar-refractivity contribution in [3.05, 3.63) is 29.8 Å². The summed E-state index contributed by atoms with van der Waals surface area (Å²) in [5.74, 6) is -0.00440. The normalized spacial score (nSPS) is 12.5. The Morgan fingerprint density at radius 3 is 2.71 bits per heavy atom. The molecule has 0 aliphatic carbocycles. The molecule has 1 aromatic carbocycles. The van der Waals surface area contributed by atoms with Crippen LogP contribution < -0.4 is 11.1 Å². The van der Waals surface area contributed by atoms with Crippen molar-refractivity contribution in [2.24, 2.45) is 5.73 Å². The number of nitrogens with one attached hydrogen (secondary N) is 1. The van der Waals surface area contributed by atoms with Gasteiger partial charge in [0.1, 0.15) is 0 Å².